The zero-order chi connectivity index (χ0) is 12.3. The number of hydrogen-bond donors (Lipinski definition) is 1. The number of piperidine rings is 1. The molecule has 2 saturated heterocycles. The topological polar surface area (TPSA) is 41.6 Å². The zero-order valence-electron chi connectivity index (χ0n) is 10.9. The smallest absolute Gasteiger partial charge is 0.318 e. The average Bonchev–Trinajstić information content (AvgIpc) is 2.30. The Hall–Kier alpha value is -0.770. The summed E-state index contributed by atoms with van der Waals surface area (Å²) < 4.78 is 5.30. The lowest BCUT2D eigenvalue weighted by atomic mass is 9.98. The van der Waals surface area contributed by atoms with E-state index in [-0.39, 0.29) is 6.03 Å². The molecule has 0 saturated carbocycles. The van der Waals surface area contributed by atoms with Crippen LogP contribution in [0.3, 0.4) is 0 Å². The van der Waals surface area contributed by atoms with E-state index in [0.717, 1.165) is 38.9 Å². The van der Waals surface area contributed by atoms with Gasteiger partial charge in [0.2, 0.25) is 0 Å². The summed E-state index contributed by atoms with van der Waals surface area (Å²) in [6.45, 7) is 5.85. The number of carbonyl (C=O) groups is 1. The van der Waals surface area contributed by atoms with E-state index in [1.165, 1.54) is 6.42 Å². The minimum Gasteiger partial charge on any atom is -0.381 e. The van der Waals surface area contributed by atoms with Crippen molar-refractivity contribution in [3.05, 3.63) is 0 Å². The van der Waals surface area contributed by atoms with Gasteiger partial charge in [0, 0.05) is 31.3 Å². The highest BCUT2D eigenvalue weighted by Gasteiger charge is 2.30. The molecule has 2 aliphatic rings. The second kappa shape index (κ2) is 5.71. The number of hydrogen-bond acceptors (Lipinski definition) is 2. The highest BCUT2D eigenvalue weighted by Crippen LogP contribution is 2.22. The number of rotatable bonds is 1. The molecule has 2 heterocycles. The standard InChI is InChI=1S/C13H24N2O2/c1-10-4-3-5-11(2)15(10)13(16)14-12-6-8-17-9-7-12/h10-12H,3-9H2,1-2H3,(H,14,16). The Morgan fingerprint density at radius 3 is 2.29 bits per heavy atom. The van der Waals surface area contributed by atoms with Gasteiger partial charge < -0.3 is 15.0 Å². The van der Waals surface area contributed by atoms with Gasteiger partial charge in [-0.1, -0.05) is 0 Å². The van der Waals surface area contributed by atoms with Crippen LogP contribution in [0.5, 0.6) is 0 Å². The second-order valence-corrected chi connectivity index (χ2v) is 5.37. The van der Waals surface area contributed by atoms with Crippen LogP contribution in [0.25, 0.3) is 0 Å². The van der Waals surface area contributed by atoms with Crippen LogP contribution >= 0.6 is 0 Å². The lowest BCUT2D eigenvalue weighted by molar-refractivity contribution is 0.0728. The second-order valence-electron chi connectivity index (χ2n) is 5.37. The highest BCUT2D eigenvalue weighted by molar-refractivity contribution is 5.75. The Bertz CT molecular complexity index is 254. The van der Waals surface area contributed by atoms with E-state index >= 15 is 0 Å². The first kappa shape index (κ1) is 12.7. The Kier molecular flexibility index (Phi) is 4.26. The third kappa shape index (κ3) is 3.12. The van der Waals surface area contributed by atoms with Crippen molar-refractivity contribution >= 4 is 6.03 Å². The van der Waals surface area contributed by atoms with Gasteiger partial charge in [-0.05, 0) is 46.0 Å². The summed E-state index contributed by atoms with van der Waals surface area (Å²) in [5.74, 6) is 0. The number of nitrogens with one attached hydrogen (secondary N) is 1. The van der Waals surface area contributed by atoms with Gasteiger partial charge in [0.25, 0.3) is 0 Å². The number of nitrogens with zero attached hydrogens (tertiary/aromatic N) is 1. The van der Waals surface area contributed by atoms with E-state index in [1.807, 2.05) is 4.90 Å². The molecule has 2 atom stereocenters. The summed E-state index contributed by atoms with van der Waals surface area (Å²) in [5, 5.41) is 3.16. The van der Waals surface area contributed by atoms with E-state index < -0.39 is 0 Å². The maximum Gasteiger partial charge on any atom is 0.318 e. The van der Waals surface area contributed by atoms with Crippen LogP contribution in [0, 0.1) is 0 Å². The van der Waals surface area contributed by atoms with Crippen LogP contribution in [0.4, 0.5) is 4.79 Å². The molecule has 4 nitrogen and oxygen atoms in total. The third-order valence-electron chi connectivity index (χ3n) is 3.98. The maximum absolute atomic E-state index is 12.3. The SMILES string of the molecule is CC1CCCC(C)N1C(=O)NC1CCOCC1. The summed E-state index contributed by atoms with van der Waals surface area (Å²) in [6, 6.07) is 1.17. The minimum atomic E-state index is 0.122. The number of likely N-dealkylation sites (tertiary alicyclic amines) is 1. The van der Waals surface area contributed by atoms with Crippen molar-refractivity contribution in [2.75, 3.05) is 13.2 Å². The molecule has 17 heavy (non-hydrogen) atoms. The average molecular weight is 240 g/mol. The van der Waals surface area contributed by atoms with E-state index in [9.17, 15) is 4.79 Å². The molecule has 0 aromatic carbocycles. The first-order valence-electron chi connectivity index (χ1n) is 6.85. The molecule has 0 bridgehead atoms. The van der Waals surface area contributed by atoms with Crippen molar-refractivity contribution in [3.63, 3.8) is 0 Å². The van der Waals surface area contributed by atoms with Gasteiger partial charge in [0.1, 0.15) is 0 Å². The van der Waals surface area contributed by atoms with Crippen molar-refractivity contribution in [1.82, 2.24) is 10.2 Å². The normalized spacial score (nSPS) is 31.3. The van der Waals surface area contributed by atoms with Gasteiger partial charge in [-0.3, -0.25) is 0 Å². The molecule has 0 spiro atoms. The molecular formula is C13H24N2O2. The van der Waals surface area contributed by atoms with Gasteiger partial charge >= 0.3 is 6.03 Å². The summed E-state index contributed by atoms with van der Waals surface area (Å²) in [6.07, 6.45) is 5.39. The molecule has 2 rings (SSSR count). The Balaban J connectivity index is 1.88. The fourth-order valence-corrected chi connectivity index (χ4v) is 2.91. The summed E-state index contributed by atoms with van der Waals surface area (Å²) in [4.78, 5) is 14.3. The van der Waals surface area contributed by atoms with Gasteiger partial charge in [0.15, 0.2) is 0 Å². The van der Waals surface area contributed by atoms with Crippen LogP contribution in [-0.2, 0) is 4.74 Å². The molecule has 2 fully saturated rings. The van der Waals surface area contributed by atoms with E-state index in [1.54, 1.807) is 0 Å². The van der Waals surface area contributed by atoms with Crippen LogP contribution in [0.1, 0.15) is 46.0 Å². The number of amides is 2. The Labute approximate surface area is 104 Å². The predicted molar refractivity (Wildman–Crippen MR) is 67.0 cm³/mol. The Morgan fingerprint density at radius 2 is 1.71 bits per heavy atom. The first-order chi connectivity index (χ1) is 8.18. The summed E-state index contributed by atoms with van der Waals surface area (Å²) in [5.41, 5.74) is 0. The van der Waals surface area contributed by atoms with Gasteiger partial charge in [0.05, 0.1) is 0 Å². The number of carbonyl (C=O) groups excluding carboxylic acids is 1. The van der Waals surface area contributed by atoms with E-state index in [2.05, 4.69) is 19.2 Å². The lowest BCUT2D eigenvalue weighted by Gasteiger charge is -2.40. The lowest BCUT2D eigenvalue weighted by Crippen LogP contribution is -2.54. The van der Waals surface area contributed by atoms with Crippen molar-refractivity contribution in [1.29, 1.82) is 0 Å². The van der Waals surface area contributed by atoms with Crippen LogP contribution < -0.4 is 5.32 Å². The summed E-state index contributed by atoms with van der Waals surface area (Å²) >= 11 is 0. The van der Waals surface area contributed by atoms with E-state index in [0.29, 0.717) is 18.1 Å². The molecule has 0 radical (unpaired) electrons. The highest BCUT2D eigenvalue weighted by atomic mass is 16.5. The zero-order valence-corrected chi connectivity index (χ0v) is 10.9. The van der Waals surface area contributed by atoms with Crippen LogP contribution in [-0.4, -0.2) is 42.3 Å². The van der Waals surface area contributed by atoms with E-state index in [4.69, 9.17) is 4.74 Å². The molecular weight excluding hydrogens is 216 g/mol. The molecule has 0 aliphatic carbocycles. The monoisotopic (exact) mass is 240 g/mol. The molecule has 1 N–H and O–H groups in total. The molecule has 0 aromatic heterocycles. The first-order valence-corrected chi connectivity index (χ1v) is 6.85. The molecule has 2 aliphatic heterocycles. The molecule has 0 aromatic rings. The number of ether oxygens (including phenoxy) is 1. The fourth-order valence-electron chi connectivity index (χ4n) is 2.91. The van der Waals surface area contributed by atoms with Gasteiger partial charge in [-0.25, -0.2) is 4.79 Å². The number of urea groups is 1. The Morgan fingerprint density at radius 1 is 1.12 bits per heavy atom. The van der Waals surface area contributed by atoms with Gasteiger partial charge in [-0.2, -0.15) is 0 Å². The van der Waals surface area contributed by atoms with Crippen LogP contribution in [0.2, 0.25) is 0 Å². The van der Waals surface area contributed by atoms with Gasteiger partial charge in [-0.15, -0.1) is 0 Å². The fraction of sp³-hybridized carbons (Fsp3) is 0.923. The largest absolute Gasteiger partial charge is 0.381 e. The van der Waals surface area contributed by atoms with Crippen molar-refractivity contribution in [2.24, 2.45) is 0 Å². The minimum absolute atomic E-state index is 0.122. The molecule has 2 amide bonds. The molecule has 4 heteroatoms. The molecule has 2 unspecified atom stereocenters. The maximum atomic E-state index is 12.3. The predicted octanol–water partition coefficient (Wildman–Crippen LogP) is 2.14. The summed E-state index contributed by atoms with van der Waals surface area (Å²) in [7, 11) is 0. The quantitative estimate of drug-likeness (QED) is 0.763. The molecule has 98 valence electrons. The van der Waals surface area contributed by atoms with Crippen molar-refractivity contribution < 1.29 is 9.53 Å². The van der Waals surface area contributed by atoms with Crippen molar-refractivity contribution in [3.8, 4) is 0 Å². The van der Waals surface area contributed by atoms with Crippen LogP contribution in [0.15, 0.2) is 0 Å². The third-order valence-corrected chi connectivity index (χ3v) is 3.98. The van der Waals surface area contributed by atoms with Crippen molar-refractivity contribution in [2.45, 2.75) is 64.1 Å².